The van der Waals surface area contributed by atoms with Crippen LogP contribution in [0.25, 0.3) is 0 Å². The van der Waals surface area contributed by atoms with Gasteiger partial charge in [0, 0.05) is 19.5 Å². The molecule has 0 saturated carbocycles. The van der Waals surface area contributed by atoms with E-state index in [1.165, 1.54) is 0 Å². The van der Waals surface area contributed by atoms with Crippen molar-refractivity contribution < 1.29 is 4.79 Å². The Hall–Kier alpha value is -0.840. The van der Waals surface area contributed by atoms with Gasteiger partial charge in [0.1, 0.15) is 0 Å². The number of hydrogen-bond donors (Lipinski definition) is 1. The molecule has 1 aromatic carbocycles. The summed E-state index contributed by atoms with van der Waals surface area (Å²) in [5, 5.41) is 0.942. The van der Waals surface area contributed by atoms with E-state index in [1.807, 2.05) is 6.92 Å². The number of thiocarbonyl (C=S) groups is 1. The molecule has 1 rings (SSSR count). The highest BCUT2D eigenvalue weighted by Gasteiger charge is 2.13. The lowest BCUT2D eigenvalue weighted by Gasteiger charge is -2.20. The predicted molar refractivity (Wildman–Crippen MR) is 83.8 cm³/mol. The van der Waals surface area contributed by atoms with Gasteiger partial charge < -0.3 is 10.6 Å². The van der Waals surface area contributed by atoms with Crippen LogP contribution >= 0.6 is 35.4 Å². The fraction of sp³-hybridized carbons (Fsp3) is 0.385. The molecule has 19 heavy (non-hydrogen) atoms. The van der Waals surface area contributed by atoms with Crippen LogP contribution < -0.4 is 5.73 Å². The zero-order valence-corrected chi connectivity index (χ0v) is 13.0. The Kier molecular flexibility index (Phi) is 6.55. The van der Waals surface area contributed by atoms with Crippen LogP contribution in [0.2, 0.25) is 10.0 Å². The molecule has 1 amide bonds. The summed E-state index contributed by atoms with van der Waals surface area (Å²) in [5.74, 6) is 0.0251. The van der Waals surface area contributed by atoms with E-state index in [2.05, 4.69) is 0 Å². The molecule has 1 aromatic rings. The van der Waals surface area contributed by atoms with E-state index in [0.29, 0.717) is 41.0 Å². The molecule has 0 aliphatic heterocycles. The number of hydrogen-bond acceptors (Lipinski definition) is 2. The van der Waals surface area contributed by atoms with Crippen molar-refractivity contribution >= 4 is 46.3 Å². The molecule has 0 aromatic heterocycles. The van der Waals surface area contributed by atoms with Crippen LogP contribution in [0.1, 0.15) is 18.9 Å². The molecule has 0 aliphatic rings. The molecule has 0 saturated heterocycles. The second kappa shape index (κ2) is 7.68. The molecular formula is C13H16Cl2N2OS. The van der Waals surface area contributed by atoms with Gasteiger partial charge in [-0.3, -0.25) is 4.79 Å². The van der Waals surface area contributed by atoms with E-state index in [9.17, 15) is 4.79 Å². The predicted octanol–water partition coefficient (Wildman–Crippen LogP) is 3.06. The smallest absolute Gasteiger partial charge is 0.226 e. The zero-order valence-electron chi connectivity index (χ0n) is 10.7. The van der Waals surface area contributed by atoms with Gasteiger partial charge in [0.25, 0.3) is 0 Å². The summed E-state index contributed by atoms with van der Waals surface area (Å²) in [5.41, 5.74) is 6.29. The van der Waals surface area contributed by atoms with Crippen molar-refractivity contribution in [2.75, 3.05) is 13.1 Å². The Labute approximate surface area is 128 Å². The van der Waals surface area contributed by atoms with Gasteiger partial charge in [-0.15, -0.1) is 0 Å². The molecule has 0 heterocycles. The van der Waals surface area contributed by atoms with E-state index in [0.717, 1.165) is 5.56 Å². The normalized spacial score (nSPS) is 10.3. The molecule has 0 bridgehead atoms. The SMILES string of the molecule is CCN(CCC(N)=S)C(=O)Cc1ccc(Cl)c(Cl)c1. The molecule has 0 spiro atoms. The van der Waals surface area contributed by atoms with Crippen molar-refractivity contribution in [3.63, 3.8) is 0 Å². The maximum absolute atomic E-state index is 12.1. The lowest BCUT2D eigenvalue weighted by Crippen LogP contribution is -2.34. The highest BCUT2D eigenvalue weighted by molar-refractivity contribution is 7.80. The summed E-state index contributed by atoms with van der Waals surface area (Å²) in [4.78, 5) is 14.3. The molecule has 0 atom stereocenters. The average Bonchev–Trinajstić information content (AvgIpc) is 2.34. The summed E-state index contributed by atoms with van der Waals surface area (Å²) in [6, 6.07) is 5.20. The van der Waals surface area contributed by atoms with Crippen molar-refractivity contribution in [3.8, 4) is 0 Å². The first-order chi connectivity index (χ1) is 8.93. The van der Waals surface area contributed by atoms with Crippen LogP contribution in [0.3, 0.4) is 0 Å². The summed E-state index contributed by atoms with van der Waals surface area (Å²) < 4.78 is 0. The van der Waals surface area contributed by atoms with Crippen molar-refractivity contribution in [1.82, 2.24) is 4.90 Å². The third-order valence-electron chi connectivity index (χ3n) is 2.70. The maximum atomic E-state index is 12.1. The van der Waals surface area contributed by atoms with E-state index in [4.69, 9.17) is 41.2 Å². The van der Waals surface area contributed by atoms with Crippen molar-refractivity contribution in [2.45, 2.75) is 19.8 Å². The first-order valence-corrected chi connectivity index (χ1v) is 7.10. The Morgan fingerprint density at radius 3 is 2.58 bits per heavy atom. The van der Waals surface area contributed by atoms with Gasteiger partial charge in [0.2, 0.25) is 5.91 Å². The second-order valence-electron chi connectivity index (χ2n) is 4.11. The fourth-order valence-corrected chi connectivity index (χ4v) is 2.05. The Morgan fingerprint density at radius 2 is 2.05 bits per heavy atom. The van der Waals surface area contributed by atoms with Crippen LogP contribution in [0.5, 0.6) is 0 Å². The Bertz CT molecular complexity index is 480. The summed E-state index contributed by atoms with van der Waals surface area (Å²) in [6.07, 6.45) is 0.832. The minimum absolute atomic E-state index is 0.0251. The topological polar surface area (TPSA) is 46.3 Å². The van der Waals surface area contributed by atoms with E-state index >= 15 is 0 Å². The van der Waals surface area contributed by atoms with Crippen LogP contribution in [0, 0.1) is 0 Å². The van der Waals surface area contributed by atoms with Gasteiger partial charge in [-0.05, 0) is 24.6 Å². The van der Waals surface area contributed by atoms with Crippen LogP contribution in [-0.2, 0) is 11.2 Å². The maximum Gasteiger partial charge on any atom is 0.226 e. The van der Waals surface area contributed by atoms with E-state index in [1.54, 1.807) is 23.1 Å². The fourth-order valence-electron chi connectivity index (χ4n) is 1.64. The number of carbonyl (C=O) groups excluding carboxylic acids is 1. The average molecular weight is 319 g/mol. The number of halogens is 2. The van der Waals surface area contributed by atoms with Gasteiger partial charge in [-0.25, -0.2) is 0 Å². The monoisotopic (exact) mass is 318 g/mol. The lowest BCUT2D eigenvalue weighted by molar-refractivity contribution is -0.130. The van der Waals surface area contributed by atoms with Gasteiger partial charge in [0.15, 0.2) is 0 Å². The summed E-state index contributed by atoms with van der Waals surface area (Å²) in [6.45, 7) is 3.10. The summed E-state index contributed by atoms with van der Waals surface area (Å²) >= 11 is 16.6. The number of amides is 1. The van der Waals surface area contributed by atoms with E-state index in [-0.39, 0.29) is 5.91 Å². The number of carbonyl (C=O) groups is 1. The molecule has 6 heteroatoms. The molecule has 0 aliphatic carbocycles. The molecule has 3 nitrogen and oxygen atoms in total. The largest absolute Gasteiger partial charge is 0.393 e. The molecular weight excluding hydrogens is 303 g/mol. The highest BCUT2D eigenvalue weighted by Crippen LogP contribution is 2.23. The van der Waals surface area contributed by atoms with Crippen molar-refractivity contribution in [2.24, 2.45) is 5.73 Å². The number of nitrogens with zero attached hydrogens (tertiary/aromatic N) is 1. The third kappa shape index (κ3) is 5.35. The Morgan fingerprint density at radius 1 is 1.37 bits per heavy atom. The Balaban J connectivity index is 2.65. The molecule has 104 valence electrons. The first kappa shape index (κ1) is 16.2. The van der Waals surface area contributed by atoms with Crippen molar-refractivity contribution in [1.29, 1.82) is 0 Å². The van der Waals surface area contributed by atoms with Crippen molar-refractivity contribution in [3.05, 3.63) is 33.8 Å². The van der Waals surface area contributed by atoms with E-state index < -0.39 is 0 Å². The van der Waals surface area contributed by atoms with Crippen LogP contribution in [0.4, 0.5) is 0 Å². The molecule has 2 N–H and O–H groups in total. The van der Waals surface area contributed by atoms with Crippen LogP contribution in [0.15, 0.2) is 18.2 Å². The number of rotatable bonds is 6. The highest BCUT2D eigenvalue weighted by atomic mass is 35.5. The third-order valence-corrected chi connectivity index (χ3v) is 3.65. The molecule has 0 radical (unpaired) electrons. The number of likely N-dealkylation sites (N-methyl/N-ethyl adjacent to an activating group) is 1. The first-order valence-electron chi connectivity index (χ1n) is 5.94. The van der Waals surface area contributed by atoms with Gasteiger partial charge in [-0.1, -0.05) is 41.5 Å². The van der Waals surface area contributed by atoms with Crippen LogP contribution in [-0.4, -0.2) is 28.9 Å². The summed E-state index contributed by atoms with van der Waals surface area (Å²) in [7, 11) is 0. The number of nitrogens with two attached hydrogens (primary N) is 1. The minimum atomic E-state index is 0.0251. The zero-order chi connectivity index (χ0) is 14.4. The van der Waals surface area contributed by atoms with Gasteiger partial charge >= 0.3 is 0 Å². The lowest BCUT2D eigenvalue weighted by atomic mass is 10.1. The molecule has 0 unspecified atom stereocenters. The van der Waals surface area contributed by atoms with Gasteiger partial charge in [-0.2, -0.15) is 0 Å². The second-order valence-corrected chi connectivity index (χ2v) is 5.45. The minimum Gasteiger partial charge on any atom is -0.393 e. The standard InChI is InChI=1S/C13H16Cl2N2OS/c1-2-17(6-5-12(16)19)13(18)8-9-3-4-10(14)11(15)7-9/h3-4,7H,2,5-6,8H2,1H3,(H2,16,19). The molecule has 0 fully saturated rings. The van der Waals surface area contributed by atoms with Gasteiger partial charge in [0.05, 0.1) is 21.5 Å². The quantitative estimate of drug-likeness (QED) is 0.820. The number of benzene rings is 1.